The van der Waals surface area contributed by atoms with Gasteiger partial charge in [0, 0.05) is 16.1 Å². The fourth-order valence-corrected chi connectivity index (χ4v) is 3.76. The van der Waals surface area contributed by atoms with Crippen LogP contribution in [0, 0.1) is 6.92 Å². The van der Waals surface area contributed by atoms with Gasteiger partial charge < -0.3 is 9.73 Å². The second-order valence-electron chi connectivity index (χ2n) is 5.66. The first-order chi connectivity index (χ1) is 12.5. The third kappa shape index (κ3) is 3.31. The predicted molar refractivity (Wildman–Crippen MR) is 106 cm³/mol. The molecule has 0 unspecified atom stereocenters. The number of fused-ring (bicyclic) bond motifs is 1. The monoisotopic (exact) mass is 403 g/mol. The maximum Gasteiger partial charge on any atom is 0.346 e. The minimum atomic E-state index is -0.528. The maximum atomic E-state index is 12.3. The summed E-state index contributed by atoms with van der Waals surface area (Å²) in [6.07, 6.45) is 0. The molecule has 0 bridgehead atoms. The van der Waals surface area contributed by atoms with E-state index in [4.69, 9.17) is 27.6 Å². The van der Waals surface area contributed by atoms with Crippen molar-refractivity contribution < 1.29 is 4.42 Å². The number of hydrogen-bond acceptors (Lipinski definition) is 6. The lowest BCUT2D eigenvalue weighted by atomic mass is 10.2. The topological polar surface area (TPSA) is 68.0 Å². The first-order valence-corrected chi connectivity index (χ1v) is 9.17. The van der Waals surface area contributed by atoms with Gasteiger partial charge in [0.2, 0.25) is 5.13 Å². The predicted octanol–water partition coefficient (Wildman–Crippen LogP) is 5.67. The molecule has 4 rings (SSSR count). The Morgan fingerprint density at radius 2 is 1.85 bits per heavy atom. The summed E-state index contributed by atoms with van der Waals surface area (Å²) in [5.74, 6) is 0. The van der Waals surface area contributed by atoms with Crippen molar-refractivity contribution in [3.05, 3.63) is 68.5 Å². The van der Waals surface area contributed by atoms with E-state index in [1.807, 2.05) is 31.2 Å². The van der Waals surface area contributed by atoms with Crippen LogP contribution in [-0.2, 0) is 0 Å². The van der Waals surface area contributed by atoms with Crippen LogP contribution in [0.3, 0.4) is 0 Å². The molecule has 0 radical (unpaired) electrons. The van der Waals surface area contributed by atoms with Gasteiger partial charge in [-0.1, -0.05) is 52.2 Å². The molecule has 1 N–H and O–H groups in total. The zero-order chi connectivity index (χ0) is 18.3. The van der Waals surface area contributed by atoms with Crippen molar-refractivity contribution in [2.24, 2.45) is 0 Å². The fourth-order valence-electron chi connectivity index (χ4n) is 2.45. The van der Waals surface area contributed by atoms with E-state index in [0.29, 0.717) is 31.7 Å². The molecule has 0 saturated heterocycles. The van der Waals surface area contributed by atoms with E-state index in [9.17, 15) is 4.79 Å². The summed E-state index contributed by atoms with van der Waals surface area (Å²) in [6, 6.07) is 12.8. The van der Waals surface area contributed by atoms with Crippen molar-refractivity contribution in [2.45, 2.75) is 6.92 Å². The average molecular weight is 404 g/mol. The normalized spacial score (nSPS) is 11.0. The molecule has 2 aromatic heterocycles. The Morgan fingerprint density at radius 3 is 2.62 bits per heavy atom. The van der Waals surface area contributed by atoms with Gasteiger partial charge in [-0.2, -0.15) is 0 Å². The van der Waals surface area contributed by atoms with Gasteiger partial charge in [-0.25, -0.2) is 4.79 Å². The molecule has 8 heteroatoms. The van der Waals surface area contributed by atoms with Crippen LogP contribution in [0.4, 0.5) is 10.8 Å². The van der Waals surface area contributed by atoms with Crippen molar-refractivity contribution in [3.8, 4) is 10.6 Å². The van der Waals surface area contributed by atoms with Gasteiger partial charge in [-0.05, 0) is 37.3 Å². The number of hydrogen-bond donors (Lipinski definition) is 1. The molecular formula is C18H11Cl2N3O2S. The molecule has 0 aliphatic rings. The van der Waals surface area contributed by atoms with Crippen molar-refractivity contribution in [1.82, 2.24) is 10.2 Å². The first-order valence-electron chi connectivity index (χ1n) is 7.60. The molecule has 5 nitrogen and oxygen atoms in total. The summed E-state index contributed by atoms with van der Waals surface area (Å²) < 4.78 is 5.35. The summed E-state index contributed by atoms with van der Waals surface area (Å²) in [5.41, 5.74) is 2.14. The quantitative estimate of drug-likeness (QED) is 0.446. The molecule has 0 spiro atoms. The lowest BCUT2D eigenvalue weighted by molar-refractivity contribution is 0.563. The lowest BCUT2D eigenvalue weighted by Gasteiger charge is -2.02. The maximum absolute atomic E-state index is 12.3. The molecule has 0 atom stereocenters. The van der Waals surface area contributed by atoms with E-state index < -0.39 is 5.63 Å². The minimum Gasteiger partial charge on any atom is -0.421 e. The van der Waals surface area contributed by atoms with Gasteiger partial charge in [0.1, 0.15) is 0 Å². The van der Waals surface area contributed by atoms with Gasteiger partial charge in [0.05, 0.1) is 10.6 Å². The molecule has 4 aromatic rings. The number of aryl methyl sites for hydroxylation is 1. The molecule has 0 aliphatic carbocycles. The van der Waals surface area contributed by atoms with E-state index >= 15 is 0 Å². The van der Waals surface area contributed by atoms with Crippen molar-refractivity contribution in [3.63, 3.8) is 0 Å². The molecule has 130 valence electrons. The molecule has 0 saturated carbocycles. The summed E-state index contributed by atoms with van der Waals surface area (Å²) in [4.78, 5) is 12.3. The second kappa shape index (κ2) is 6.72. The third-order valence-corrected chi connectivity index (χ3v) is 5.08. The standard InChI is InChI=1S/C18H11Cl2N3O2S/c1-9-2-4-12(5-3-9)21-18-23-22-16(26-18)13-7-10-6-11(19)8-14(20)15(10)25-17(13)24/h2-8H,1H3,(H,21,23). The van der Waals surface area contributed by atoms with E-state index in [-0.39, 0.29) is 5.02 Å². The molecule has 0 aliphatic heterocycles. The number of halogens is 2. The zero-order valence-electron chi connectivity index (χ0n) is 13.4. The summed E-state index contributed by atoms with van der Waals surface area (Å²) in [5, 5.41) is 13.7. The Morgan fingerprint density at radius 1 is 1.08 bits per heavy atom. The number of benzene rings is 2. The van der Waals surface area contributed by atoms with Gasteiger partial charge >= 0.3 is 5.63 Å². The number of aromatic nitrogens is 2. The molecule has 26 heavy (non-hydrogen) atoms. The van der Waals surface area contributed by atoms with E-state index in [1.54, 1.807) is 12.1 Å². The van der Waals surface area contributed by atoms with E-state index in [0.717, 1.165) is 5.69 Å². The fraction of sp³-hybridized carbons (Fsp3) is 0.0556. The SMILES string of the molecule is Cc1ccc(Nc2nnc(-c3cc4cc(Cl)cc(Cl)c4oc3=O)s2)cc1. The van der Waals surface area contributed by atoms with Gasteiger partial charge in [-0.15, -0.1) is 10.2 Å². The van der Waals surface area contributed by atoms with Crippen molar-refractivity contribution in [2.75, 3.05) is 5.32 Å². The summed E-state index contributed by atoms with van der Waals surface area (Å²) >= 11 is 13.4. The highest BCUT2D eigenvalue weighted by atomic mass is 35.5. The van der Waals surface area contributed by atoms with Crippen LogP contribution in [0.1, 0.15) is 5.56 Å². The Labute approximate surface area is 162 Å². The molecule has 0 amide bonds. The highest BCUT2D eigenvalue weighted by Crippen LogP contribution is 2.31. The minimum absolute atomic E-state index is 0.287. The van der Waals surface area contributed by atoms with Crippen LogP contribution >= 0.6 is 34.5 Å². The Kier molecular flexibility index (Phi) is 4.40. The van der Waals surface area contributed by atoms with E-state index in [2.05, 4.69) is 15.5 Å². The number of nitrogens with one attached hydrogen (secondary N) is 1. The van der Waals surface area contributed by atoms with Crippen molar-refractivity contribution >= 4 is 56.3 Å². The van der Waals surface area contributed by atoms with Crippen molar-refractivity contribution in [1.29, 1.82) is 0 Å². The smallest absolute Gasteiger partial charge is 0.346 e. The van der Waals surface area contributed by atoms with Crippen LogP contribution in [0.15, 0.2) is 51.7 Å². The highest BCUT2D eigenvalue weighted by Gasteiger charge is 2.15. The van der Waals surface area contributed by atoms with Crippen LogP contribution in [0.2, 0.25) is 10.0 Å². The van der Waals surface area contributed by atoms with Crippen LogP contribution in [0.5, 0.6) is 0 Å². The Balaban J connectivity index is 1.72. The van der Waals surface area contributed by atoms with E-state index in [1.165, 1.54) is 23.0 Å². The number of rotatable bonds is 3. The number of nitrogens with zero attached hydrogens (tertiary/aromatic N) is 2. The van der Waals surface area contributed by atoms with Crippen LogP contribution < -0.4 is 10.9 Å². The molecule has 2 aromatic carbocycles. The van der Waals surface area contributed by atoms with Gasteiger partial charge in [0.25, 0.3) is 0 Å². The Hall–Kier alpha value is -2.41. The third-order valence-electron chi connectivity index (χ3n) is 3.71. The first kappa shape index (κ1) is 17.0. The van der Waals surface area contributed by atoms with Gasteiger partial charge in [0.15, 0.2) is 10.6 Å². The average Bonchev–Trinajstić information content (AvgIpc) is 3.05. The zero-order valence-corrected chi connectivity index (χ0v) is 15.7. The van der Waals surface area contributed by atoms with Gasteiger partial charge in [-0.3, -0.25) is 0 Å². The summed E-state index contributed by atoms with van der Waals surface area (Å²) in [6.45, 7) is 2.02. The largest absolute Gasteiger partial charge is 0.421 e. The van der Waals surface area contributed by atoms with Crippen LogP contribution in [0.25, 0.3) is 21.5 Å². The summed E-state index contributed by atoms with van der Waals surface area (Å²) in [7, 11) is 0. The second-order valence-corrected chi connectivity index (χ2v) is 7.48. The lowest BCUT2D eigenvalue weighted by Crippen LogP contribution is -2.02. The molecule has 0 fully saturated rings. The highest BCUT2D eigenvalue weighted by molar-refractivity contribution is 7.18. The molecular weight excluding hydrogens is 393 g/mol. The van der Waals surface area contributed by atoms with Crippen LogP contribution in [-0.4, -0.2) is 10.2 Å². The Bertz CT molecular complexity index is 1170. The molecule has 2 heterocycles. The number of anilines is 2.